The molecule has 328 valence electrons. The molecule has 6 rings (SSSR count). The summed E-state index contributed by atoms with van der Waals surface area (Å²) in [6, 6.07) is 4.38. The lowest BCUT2D eigenvalue weighted by molar-refractivity contribution is -0.142. The Morgan fingerprint density at radius 2 is 1.59 bits per heavy atom. The number of allylic oxidation sites excluding steroid dienone is 5. The number of ether oxygens (including phenoxy) is 1. The van der Waals surface area contributed by atoms with Gasteiger partial charge in [-0.2, -0.15) is 0 Å². The molecule has 0 amide bonds. The van der Waals surface area contributed by atoms with Gasteiger partial charge in [0, 0.05) is 80.0 Å². The highest BCUT2D eigenvalue weighted by molar-refractivity contribution is 6.21. The van der Waals surface area contributed by atoms with E-state index >= 15 is 0 Å². The second-order valence-electron chi connectivity index (χ2n) is 18.9. The van der Waals surface area contributed by atoms with Gasteiger partial charge in [0.2, 0.25) is 0 Å². The van der Waals surface area contributed by atoms with Crippen LogP contribution in [0.4, 0.5) is 0 Å². The summed E-state index contributed by atoms with van der Waals surface area (Å²) in [4.78, 5) is 46.1. The maximum atomic E-state index is 14.3. The fraction of sp³-hybridized carbons (Fsp3) is 0.547. The number of ketones is 1. The van der Waals surface area contributed by atoms with Crippen molar-refractivity contribution in [3.8, 4) is 0 Å². The molecule has 3 N–H and O–H groups in total. The number of carbonyl (C=O) groups excluding carboxylic acids is 2. The molecule has 0 fully saturated rings. The number of carbonyl (C=O) groups is 2. The van der Waals surface area contributed by atoms with Crippen LogP contribution < -0.4 is 10.7 Å². The summed E-state index contributed by atoms with van der Waals surface area (Å²) in [5, 5.41) is 13.0. The Hall–Kier alpha value is -4.56. The number of hydrogen-bond acceptors (Lipinski definition) is 6. The Morgan fingerprint density at radius 3 is 2.23 bits per heavy atom. The summed E-state index contributed by atoms with van der Waals surface area (Å²) in [5.74, 6) is -0.286. The van der Waals surface area contributed by atoms with Crippen LogP contribution in [0.15, 0.2) is 47.1 Å². The normalized spacial score (nSPS) is 20.9. The summed E-state index contributed by atoms with van der Waals surface area (Å²) in [7, 11) is 0. The number of aryl methyl sites for hydroxylation is 2. The molecule has 2 aromatic heterocycles. The molecule has 4 atom stereocenters. The third-order valence-corrected chi connectivity index (χ3v) is 14.8. The molecule has 0 radical (unpaired) electrons. The molecule has 1 aliphatic carbocycles. The van der Waals surface area contributed by atoms with E-state index in [-0.39, 0.29) is 48.5 Å². The molecule has 0 saturated heterocycles. The van der Waals surface area contributed by atoms with Crippen molar-refractivity contribution < 1.29 is 19.4 Å². The molecule has 61 heavy (non-hydrogen) atoms. The fourth-order valence-corrected chi connectivity index (χ4v) is 10.6. The zero-order valence-corrected chi connectivity index (χ0v) is 39.5. The largest absolute Gasteiger partial charge is 0.461 e. The van der Waals surface area contributed by atoms with Gasteiger partial charge in [-0.15, -0.1) is 0 Å². The number of aliphatic hydroxyl groups is 1. The lowest BCUT2D eigenvalue weighted by atomic mass is 9.72. The van der Waals surface area contributed by atoms with Crippen molar-refractivity contribution in [2.45, 2.75) is 183 Å². The second kappa shape index (κ2) is 18.4. The van der Waals surface area contributed by atoms with Gasteiger partial charge in [-0.1, -0.05) is 56.6 Å². The van der Waals surface area contributed by atoms with Crippen LogP contribution in [0, 0.1) is 13.8 Å². The Labute approximate surface area is 364 Å². The highest BCUT2D eigenvalue weighted by atomic mass is 16.5. The van der Waals surface area contributed by atoms with Crippen LogP contribution in [-0.4, -0.2) is 43.4 Å². The second-order valence-corrected chi connectivity index (χ2v) is 18.9. The van der Waals surface area contributed by atoms with E-state index in [1.165, 1.54) is 22.3 Å². The fourth-order valence-electron chi connectivity index (χ4n) is 10.6. The van der Waals surface area contributed by atoms with Crippen LogP contribution in [-0.2, 0) is 31.6 Å². The first kappa shape index (κ1) is 46.0. The van der Waals surface area contributed by atoms with E-state index in [1.54, 1.807) is 0 Å². The third kappa shape index (κ3) is 8.63. The van der Waals surface area contributed by atoms with Gasteiger partial charge >= 0.3 is 5.97 Å². The monoisotopic (exact) mass is 829 g/mol. The zero-order chi connectivity index (χ0) is 44.6. The van der Waals surface area contributed by atoms with E-state index in [0.717, 1.165) is 117 Å². The third-order valence-electron chi connectivity index (χ3n) is 14.8. The van der Waals surface area contributed by atoms with Gasteiger partial charge in [-0.05, 0) is 149 Å². The number of nitrogens with zero attached hydrogens (tertiary/aromatic N) is 2. The molecule has 0 saturated carbocycles. The number of hydrogen-bond donors (Lipinski definition) is 3. The van der Waals surface area contributed by atoms with E-state index in [0.29, 0.717) is 6.42 Å². The summed E-state index contributed by atoms with van der Waals surface area (Å²) in [5.41, 5.74) is 14.6. The van der Waals surface area contributed by atoms with Gasteiger partial charge in [0.1, 0.15) is 6.61 Å². The predicted molar refractivity (Wildman–Crippen MR) is 250 cm³/mol. The molecule has 8 heteroatoms. The van der Waals surface area contributed by atoms with Gasteiger partial charge < -0.3 is 19.8 Å². The van der Waals surface area contributed by atoms with E-state index in [9.17, 15) is 14.7 Å². The number of rotatable bonds is 15. The van der Waals surface area contributed by atoms with Crippen molar-refractivity contribution in [3.05, 3.63) is 103 Å². The number of fused-ring (bicyclic) bond motifs is 8. The minimum atomic E-state index is -0.697. The van der Waals surface area contributed by atoms with Crippen molar-refractivity contribution in [2.24, 2.45) is 0 Å². The van der Waals surface area contributed by atoms with Crippen LogP contribution in [0.1, 0.15) is 197 Å². The zero-order valence-electron chi connectivity index (χ0n) is 39.5. The maximum Gasteiger partial charge on any atom is 0.306 e. The summed E-state index contributed by atoms with van der Waals surface area (Å²) < 4.78 is 5.79. The number of aromatic nitrogens is 4. The highest BCUT2D eigenvalue weighted by Gasteiger charge is 2.46. The minimum absolute atomic E-state index is 0.0431. The summed E-state index contributed by atoms with van der Waals surface area (Å²) in [6.07, 6.45) is 13.6. The van der Waals surface area contributed by atoms with Gasteiger partial charge in [-0.3, -0.25) is 19.6 Å². The lowest BCUT2D eigenvalue weighted by Gasteiger charge is -2.30. The number of aromatic amines is 2. The standard InChI is InChI=1S/C53H72N4O4/c1-14-52(13)43-29-44-53(15-2,16-3)36(11)40(54-44)28-41-46(37(12)58)34(9)49(55-41)35(10)48-33(8)38(50(57-48)39-27-42(59)47(52)51(39)56-43)23-24-45(60)61-26-25-32(7)22-18-21-31(6)20-17-19-30(4)5/h19,21,25,28-29,33,37-38,54-55,58H,14-18,20,22-24,26-27H2,1-13H3/b31-21+,32-25+,41-28?,44-29?,49-35?,50-39?/t33-,37+,38-,52?/m0/s1. The van der Waals surface area contributed by atoms with E-state index < -0.39 is 11.5 Å². The summed E-state index contributed by atoms with van der Waals surface area (Å²) in [6.45, 7) is 28.0. The number of H-pyrrole nitrogens is 2. The molecular weight excluding hydrogens is 757 g/mol. The Balaban J connectivity index is 1.42. The van der Waals surface area contributed by atoms with E-state index in [1.807, 2.05) is 13.0 Å². The number of nitrogens with one attached hydrogen (secondary N) is 2. The van der Waals surface area contributed by atoms with Crippen molar-refractivity contribution in [3.63, 3.8) is 0 Å². The van der Waals surface area contributed by atoms with Gasteiger partial charge in [0.05, 0.1) is 22.8 Å². The SMILES string of the molecule is CCC1(C)C2=c3nc1cc1[nH]c(cc4[nH]c(c(C)c5nc(c3CC2=O)[C@@H](CCC(=O)OC/C=C(\C)CC/C=C(\C)CCC=C(C)C)[C@@H]5C)c(C)c4[C@@H](C)O)=C(C)C1(CC)CC. The first-order valence-electron chi connectivity index (χ1n) is 23.0. The molecule has 2 aromatic rings. The van der Waals surface area contributed by atoms with E-state index in [4.69, 9.17) is 14.7 Å². The molecule has 3 aliphatic heterocycles. The van der Waals surface area contributed by atoms with Crippen molar-refractivity contribution in [1.29, 1.82) is 0 Å². The van der Waals surface area contributed by atoms with Gasteiger partial charge in [0.15, 0.2) is 5.78 Å². The molecule has 5 heterocycles. The van der Waals surface area contributed by atoms with Crippen LogP contribution in [0.5, 0.6) is 0 Å². The number of Topliss-reactive ketones (excluding diaryl/α,β-unsaturated/α-hetero) is 1. The quantitative estimate of drug-likeness (QED) is 0.121. The van der Waals surface area contributed by atoms with E-state index in [2.05, 4.69) is 117 Å². The molecule has 8 bridgehead atoms. The van der Waals surface area contributed by atoms with Crippen molar-refractivity contribution >= 4 is 33.9 Å². The molecule has 4 aliphatic rings. The molecule has 0 spiro atoms. The average molecular weight is 829 g/mol. The van der Waals surface area contributed by atoms with Crippen LogP contribution in [0.2, 0.25) is 0 Å². The number of aliphatic hydroxyl groups excluding tert-OH is 1. The summed E-state index contributed by atoms with van der Waals surface area (Å²) >= 11 is 0. The first-order chi connectivity index (χ1) is 28.9. The van der Waals surface area contributed by atoms with Crippen molar-refractivity contribution in [1.82, 2.24) is 19.9 Å². The molecule has 8 nitrogen and oxygen atoms in total. The average Bonchev–Trinajstić information content (AvgIpc) is 3.96. The Bertz CT molecular complexity index is 2500. The minimum Gasteiger partial charge on any atom is -0.461 e. The highest BCUT2D eigenvalue weighted by Crippen LogP contribution is 2.47. The molecule has 0 aromatic carbocycles. The maximum absolute atomic E-state index is 14.3. The van der Waals surface area contributed by atoms with Crippen molar-refractivity contribution in [2.75, 3.05) is 6.61 Å². The molecule has 1 unspecified atom stereocenters. The van der Waals surface area contributed by atoms with Gasteiger partial charge in [-0.25, -0.2) is 0 Å². The first-order valence-corrected chi connectivity index (χ1v) is 23.0. The Kier molecular flexibility index (Phi) is 13.9. The van der Waals surface area contributed by atoms with Crippen LogP contribution in [0.3, 0.4) is 0 Å². The topological polar surface area (TPSA) is 121 Å². The lowest BCUT2D eigenvalue weighted by Crippen LogP contribution is -2.27. The van der Waals surface area contributed by atoms with Crippen LogP contribution in [0.25, 0.3) is 22.2 Å². The Morgan fingerprint density at radius 1 is 0.918 bits per heavy atom. The van der Waals surface area contributed by atoms with Crippen LogP contribution >= 0.6 is 0 Å². The predicted octanol–water partition coefficient (Wildman–Crippen LogP) is 10.9. The smallest absolute Gasteiger partial charge is 0.306 e. The molecular formula is C53H72N4O4. The number of esters is 1. The van der Waals surface area contributed by atoms with Gasteiger partial charge in [0.25, 0.3) is 0 Å².